The van der Waals surface area contributed by atoms with Crippen molar-refractivity contribution in [3.8, 4) is 0 Å². The Kier molecular flexibility index (Phi) is 3.91. The standard InChI is InChI=1S/C13H12F3NO4/c1-13(21-4-10(18)19)5-17(6-13)12(20)7-2-8(14)11(16)9(15)3-7/h2-3H,4-6H2,1H3,(H,18,19). The fourth-order valence-electron chi connectivity index (χ4n) is 2.09. The van der Waals surface area contributed by atoms with Crippen molar-refractivity contribution in [2.75, 3.05) is 19.7 Å². The minimum absolute atomic E-state index is 0.0831. The lowest BCUT2D eigenvalue weighted by atomic mass is 9.95. The van der Waals surface area contributed by atoms with Crippen LogP contribution in [0.5, 0.6) is 0 Å². The van der Waals surface area contributed by atoms with E-state index < -0.39 is 41.5 Å². The summed E-state index contributed by atoms with van der Waals surface area (Å²) in [4.78, 5) is 23.6. The van der Waals surface area contributed by atoms with Crippen LogP contribution < -0.4 is 0 Å². The Balaban J connectivity index is 2.02. The van der Waals surface area contributed by atoms with Crippen molar-refractivity contribution >= 4 is 11.9 Å². The van der Waals surface area contributed by atoms with E-state index >= 15 is 0 Å². The van der Waals surface area contributed by atoms with Crippen molar-refractivity contribution in [2.45, 2.75) is 12.5 Å². The number of aliphatic carboxylic acids is 1. The Morgan fingerprint density at radius 2 is 1.81 bits per heavy atom. The predicted molar refractivity (Wildman–Crippen MR) is 64.2 cm³/mol. The van der Waals surface area contributed by atoms with Crippen molar-refractivity contribution in [1.29, 1.82) is 0 Å². The minimum Gasteiger partial charge on any atom is -0.480 e. The van der Waals surface area contributed by atoms with E-state index in [0.717, 1.165) is 0 Å². The molecule has 0 spiro atoms. The van der Waals surface area contributed by atoms with Crippen LogP contribution >= 0.6 is 0 Å². The van der Waals surface area contributed by atoms with E-state index in [9.17, 15) is 22.8 Å². The summed E-state index contributed by atoms with van der Waals surface area (Å²) in [6, 6.07) is 1.24. The maximum Gasteiger partial charge on any atom is 0.329 e. The number of nitrogens with zero attached hydrogens (tertiary/aromatic N) is 1. The molecule has 1 aliphatic heterocycles. The van der Waals surface area contributed by atoms with E-state index in [1.54, 1.807) is 6.92 Å². The van der Waals surface area contributed by atoms with Crippen molar-refractivity contribution in [2.24, 2.45) is 0 Å². The fraction of sp³-hybridized carbons (Fsp3) is 0.385. The van der Waals surface area contributed by atoms with Gasteiger partial charge in [0, 0.05) is 5.56 Å². The zero-order valence-electron chi connectivity index (χ0n) is 11.0. The number of hydrogen-bond donors (Lipinski definition) is 1. The molecule has 0 unspecified atom stereocenters. The summed E-state index contributed by atoms with van der Waals surface area (Å²) in [6.45, 7) is 1.28. The van der Waals surface area contributed by atoms with E-state index in [1.807, 2.05) is 0 Å². The van der Waals surface area contributed by atoms with Crippen LogP contribution in [0.3, 0.4) is 0 Å². The van der Waals surface area contributed by atoms with Gasteiger partial charge in [-0.2, -0.15) is 0 Å². The lowest BCUT2D eigenvalue weighted by Crippen LogP contribution is -2.63. The number of carbonyl (C=O) groups excluding carboxylic acids is 1. The van der Waals surface area contributed by atoms with E-state index in [1.165, 1.54) is 4.90 Å². The molecule has 0 radical (unpaired) electrons. The molecule has 0 bridgehead atoms. The smallest absolute Gasteiger partial charge is 0.329 e. The summed E-state index contributed by atoms with van der Waals surface area (Å²) >= 11 is 0. The molecule has 1 heterocycles. The van der Waals surface area contributed by atoms with Gasteiger partial charge in [-0.25, -0.2) is 18.0 Å². The maximum absolute atomic E-state index is 13.1. The molecule has 0 atom stereocenters. The Morgan fingerprint density at radius 1 is 1.29 bits per heavy atom. The van der Waals surface area contributed by atoms with Gasteiger partial charge in [0.2, 0.25) is 0 Å². The number of benzene rings is 1. The first kappa shape index (κ1) is 15.3. The lowest BCUT2D eigenvalue weighted by molar-refractivity contribution is -0.159. The van der Waals surface area contributed by atoms with Gasteiger partial charge in [-0.3, -0.25) is 4.79 Å². The minimum atomic E-state index is -1.63. The van der Waals surface area contributed by atoms with Crippen molar-refractivity contribution in [3.05, 3.63) is 35.1 Å². The number of carboxylic acid groups (broad SMARTS) is 1. The first-order valence-electron chi connectivity index (χ1n) is 6.01. The van der Waals surface area contributed by atoms with Gasteiger partial charge < -0.3 is 14.7 Å². The zero-order chi connectivity index (χ0) is 15.8. The molecule has 1 aromatic rings. The molecule has 8 heteroatoms. The molecule has 0 aromatic heterocycles. The molecule has 21 heavy (non-hydrogen) atoms. The highest BCUT2D eigenvalue weighted by molar-refractivity contribution is 5.95. The van der Waals surface area contributed by atoms with Crippen LogP contribution in [-0.4, -0.2) is 47.2 Å². The van der Waals surface area contributed by atoms with Crippen molar-refractivity contribution in [1.82, 2.24) is 4.90 Å². The second-order valence-corrected chi connectivity index (χ2v) is 5.05. The van der Waals surface area contributed by atoms with Gasteiger partial charge in [-0.05, 0) is 19.1 Å². The molecule has 5 nitrogen and oxygen atoms in total. The molecule has 1 N–H and O–H groups in total. The van der Waals surface area contributed by atoms with Gasteiger partial charge >= 0.3 is 5.97 Å². The molecule has 0 aliphatic carbocycles. The summed E-state index contributed by atoms with van der Waals surface area (Å²) in [5, 5.41) is 8.51. The predicted octanol–water partition coefficient (Wildman–Crippen LogP) is 1.42. The van der Waals surface area contributed by atoms with Gasteiger partial charge in [0.25, 0.3) is 5.91 Å². The van der Waals surface area contributed by atoms with Crippen molar-refractivity contribution in [3.63, 3.8) is 0 Å². The Bertz CT molecular complexity index is 576. The van der Waals surface area contributed by atoms with Crippen molar-refractivity contribution < 1.29 is 32.6 Å². The maximum atomic E-state index is 13.1. The molecule has 2 rings (SSSR count). The molecule has 0 saturated carbocycles. The summed E-state index contributed by atoms with van der Waals surface area (Å²) in [5.74, 6) is -6.33. The summed E-state index contributed by atoms with van der Waals surface area (Å²) in [5.41, 5.74) is -1.13. The highest BCUT2D eigenvalue weighted by atomic mass is 19.2. The van der Waals surface area contributed by atoms with Crippen LogP contribution in [0.15, 0.2) is 12.1 Å². The Hall–Kier alpha value is -2.09. The largest absolute Gasteiger partial charge is 0.480 e. The van der Waals surface area contributed by atoms with Crippen LogP contribution in [0.1, 0.15) is 17.3 Å². The highest BCUT2D eigenvalue weighted by Crippen LogP contribution is 2.27. The molecule has 1 fully saturated rings. The van der Waals surface area contributed by atoms with E-state index in [4.69, 9.17) is 9.84 Å². The number of likely N-dealkylation sites (tertiary alicyclic amines) is 1. The third-order valence-corrected chi connectivity index (χ3v) is 3.11. The fourth-order valence-corrected chi connectivity index (χ4v) is 2.09. The van der Waals surface area contributed by atoms with Crippen LogP contribution in [-0.2, 0) is 9.53 Å². The zero-order valence-corrected chi connectivity index (χ0v) is 11.0. The van der Waals surface area contributed by atoms with Gasteiger partial charge in [0.1, 0.15) is 12.2 Å². The second-order valence-electron chi connectivity index (χ2n) is 5.05. The van der Waals surface area contributed by atoms with Gasteiger partial charge in [0.15, 0.2) is 17.5 Å². The van der Waals surface area contributed by atoms with E-state index in [2.05, 4.69) is 0 Å². The third kappa shape index (κ3) is 3.15. The molecular formula is C13H12F3NO4. The molecule has 1 saturated heterocycles. The molecular weight excluding hydrogens is 291 g/mol. The monoisotopic (exact) mass is 303 g/mol. The summed E-state index contributed by atoms with van der Waals surface area (Å²) < 4.78 is 44.1. The van der Waals surface area contributed by atoms with E-state index in [-0.39, 0.29) is 18.7 Å². The Labute approximate surface area is 117 Å². The number of carbonyl (C=O) groups is 2. The van der Waals surface area contributed by atoms with Crippen LogP contribution in [0, 0.1) is 17.5 Å². The average molecular weight is 303 g/mol. The lowest BCUT2D eigenvalue weighted by Gasteiger charge is -2.47. The number of rotatable bonds is 4. The first-order chi connectivity index (χ1) is 9.72. The van der Waals surface area contributed by atoms with Crippen LogP contribution in [0.25, 0.3) is 0 Å². The first-order valence-corrected chi connectivity index (χ1v) is 6.01. The number of carboxylic acids is 1. The van der Waals surface area contributed by atoms with Gasteiger partial charge in [-0.15, -0.1) is 0 Å². The number of hydrogen-bond acceptors (Lipinski definition) is 3. The van der Waals surface area contributed by atoms with Gasteiger partial charge in [-0.1, -0.05) is 0 Å². The molecule has 1 amide bonds. The summed E-state index contributed by atoms with van der Waals surface area (Å²) in [7, 11) is 0. The Morgan fingerprint density at radius 3 is 2.29 bits per heavy atom. The van der Waals surface area contributed by atoms with Crippen LogP contribution in [0.4, 0.5) is 13.2 Å². The topological polar surface area (TPSA) is 66.8 Å². The number of ether oxygens (including phenoxy) is 1. The van der Waals surface area contributed by atoms with E-state index in [0.29, 0.717) is 12.1 Å². The number of amides is 1. The quantitative estimate of drug-likeness (QED) is 0.854. The van der Waals surface area contributed by atoms with Gasteiger partial charge in [0.05, 0.1) is 13.1 Å². The number of halogens is 3. The molecule has 1 aromatic carbocycles. The molecule has 114 valence electrons. The normalized spacial score (nSPS) is 16.5. The third-order valence-electron chi connectivity index (χ3n) is 3.11. The average Bonchev–Trinajstić information content (AvgIpc) is 2.38. The molecule has 1 aliphatic rings. The second kappa shape index (κ2) is 5.36. The summed E-state index contributed by atoms with van der Waals surface area (Å²) in [6.07, 6.45) is 0. The highest BCUT2D eigenvalue weighted by Gasteiger charge is 2.43. The SMILES string of the molecule is CC1(OCC(=O)O)CN(C(=O)c2cc(F)c(F)c(F)c2)C1. The van der Waals surface area contributed by atoms with Crippen LogP contribution in [0.2, 0.25) is 0 Å².